The first-order chi connectivity index (χ1) is 12.6. The number of fused-ring (bicyclic) bond motifs is 1. The van der Waals surface area contributed by atoms with Gasteiger partial charge in [-0.25, -0.2) is 8.42 Å². The second-order valence-electron chi connectivity index (χ2n) is 6.81. The third-order valence-corrected chi connectivity index (χ3v) is 6.95. The Morgan fingerprint density at radius 1 is 0.846 bits per heavy atom. The monoisotopic (exact) mass is 366 g/mol. The molecule has 1 heterocycles. The van der Waals surface area contributed by atoms with Gasteiger partial charge in [-0.2, -0.15) is 4.31 Å². The van der Waals surface area contributed by atoms with Crippen LogP contribution in [0.15, 0.2) is 77.7 Å². The maximum atomic E-state index is 13.4. The molecule has 0 amide bonds. The van der Waals surface area contributed by atoms with Crippen molar-refractivity contribution in [2.24, 2.45) is 0 Å². The van der Waals surface area contributed by atoms with Crippen LogP contribution in [0.5, 0.6) is 0 Å². The lowest BCUT2D eigenvalue weighted by atomic mass is 10.1. The Bertz CT molecular complexity index is 1020. The molecule has 1 atom stereocenters. The van der Waals surface area contributed by atoms with Gasteiger partial charge in [-0.1, -0.05) is 60.7 Å². The Balaban J connectivity index is 1.76. The van der Waals surface area contributed by atoms with Crippen LogP contribution >= 0.6 is 0 Å². The number of hydrogen-bond acceptors (Lipinski definition) is 3. The molecule has 0 unspecified atom stereocenters. The molecule has 1 saturated heterocycles. The Morgan fingerprint density at radius 2 is 1.54 bits per heavy atom. The quantitative estimate of drug-likeness (QED) is 0.712. The van der Waals surface area contributed by atoms with Crippen LogP contribution in [-0.2, 0) is 10.0 Å². The number of piperazine rings is 1. The molecule has 26 heavy (non-hydrogen) atoms. The van der Waals surface area contributed by atoms with Crippen LogP contribution in [-0.4, -0.2) is 44.3 Å². The summed E-state index contributed by atoms with van der Waals surface area (Å²) in [6.45, 7) is 1.91. The largest absolute Gasteiger partial charge is 0.303 e. The number of rotatable bonds is 3. The predicted octanol–water partition coefficient (Wildman–Crippen LogP) is 3.52. The normalized spacial score (nSPS) is 19.7. The van der Waals surface area contributed by atoms with Gasteiger partial charge in [-0.15, -0.1) is 0 Å². The van der Waals surface area contributed by atoms with Gasteiger partial charge in [-0.3, -0.25) is 0 Å². The first kappa shape index (κ1) is 17.2. The molecule has 4 rings (SSSR count). The van der Waals surface area contributed by atoms with E-state index in [0.717, 1.165) is 22.9 Å². The minimum atomic E-state index is -3.57. The topological polar surface area (TPSA) is 40.6 Å². The van der Waals surface area contributed by atoms with Crippen molar-refractivity contribution >= 4 is 20.8 Å². The molecule has 3 aromatic rings. The predicted molar refractivity (Wildman–Crippen MR) is 105 cm³/mol. The fourth-order valence-electron chi connectivity index (χ4n) is 3.60. The van der Waals surface area contributed by atoms with E-state index in [-0.39, 0.29) is 6.04 Å². The SMILES string of the molecule is CN1CCN(S(=O)(=O)c2ccc3ccccc3c2)[C@H](c2ccccc2)C1. The van der Waals surface area contributed by atoms with Crippen molar-refractivity contribution in [2.75, 3.05) is 26.7 Å². The van der Waals surface area contributed by atoms with Crippen molar-refractivity contribution in [3.8, 4) is 0 Å². The zero-order valence-corrected chi connectivity index (χ0v) is 15.6. The van der Waals surface area contributed by atoms with Gasteiger partial charge in [0.15, 0.2) is 0 Å². The van der Waals surface area contributed by atoms with Gasteiger partial charge in [0.2, 0.25) is 10.0 Å². The Labute approximate surface area is 154 Å². The number of benzene rings is 3. The third-order valence-electron chi connectivity index (χ3n) is 5.05. The van der Waals surface area contributed by atoms with Crippen molar-refractivity contribution < 1.29 is 8.42 Å². The first-order valence-electron chi connectivity index (χ1n) is 8.80. The van der Waals surface area contributed by atoms with E-state index in [2.05, 4.69) is 4.90 Å². The van der Waals surface area contributed by atoms with Gasteiger partial charge >= 0.3 is 0 Å². The van der Waals surface area contributed by atoms with E-state index in [0.29, 0.717) is 18.0 Å². The summed E-state index contributed by atoms with van der Waals surface area (Å²) < 4.78 is 28.5. The van der Waals surface area contributed by atoms with Crippen LogP contribution < -0.4 is 0 Å². The van der Waals surface area contributed by atoms with E-state index in [9.17, 15) is 8.42 Å². The van der Waals surface area contributed by atoms with Gasteiger partial charge < -0.3 is 4.90 Å². The van der Waals surface area contributed by atoms with Crippen molar-refractivity contribution in [1.29, 1.82) is 0 Å². The van der Waals surface area contributed by atoms with E-state index < -0.39 is 10.0 Å². The second-order valence-corrected chi connectivity index (χ2v) is 8.70. The van der Waals surface area contributed by atoms with Gasteiger partial charge in [0.25, 0.3) is 0 Å². The molecule has 1 aliphatic rings. The summed E-state index contributed by atoms with van der Waals surface area (Å²) in [6, 6.07) is 22.9. The van der Waals surface area contributed by atoms with Crippen LogP contribution in [0.3, 0.4) is 0 Å². The minimum Gasteiger partial charge on any atom is -0.303 e. The Morgan fingerprint density at radius 3 is 2.31 bits per heavy atom. The van der Waals surface area contributed by atoms with E-state index in [1.807, 2.05) is 67.7 Å². The summed E-state index contributed by atoms with van der Waals surface area (Å²) >= 11 is 0. The van der Waals surface area contributed by atoms with Crippen LogP contribution in [0.2, 0.25) is 0 Å². The maximum absolute atomic E-state index is 13.4. The summed E-state index contributed by atoms with van der Waals surface area (Å²) in [7, 11) is -1.53. The summed E-state index contributed by atoms with van der Waals surface area (Å²) in [5, 5.41) is 1.99. The molecule has 3 aromatic carbocycles. The lowest BCUT2D eigenvalue weighted by Gasteiger charge is -2.39. The van der Waals surface area contributed by atoms with Gasteiger partial charge in [0.05, 0.1) is 10.9 Å². The maximum Gasteiger partial charge on any atom is 0.243 e. The molecule has 0 aromatic heterocycles. The van der Waals surface area contributed by atoms with E-state index in [1.54, 1.807) is 16.4 Å². The van der Waals surface area contributed by atoms with Crippen LogP contribution in [0.25, 0.3) is 10.8 Å². The van der Waals surface area contributed by atoms with Gasteiger partial charge in [0, 0.05) is 19.6 Å². The van der Waals surface area contributed by atoms with E-state index >= 15 is 0 Å². The highest BCUT2D eigenvalue weighted by Gasteiger charge is 2.36. The molecule has 134 valence electrons. The molecule has 1 fully saturated rings. The summed E-state index contributed by atoms with van der Waals surface area (Å²) in [6.07, 6.45) is 0. The van der Waals surface area contributed by atoms with E-state index in [4.69, 9.17) is 0 Å². The van der Waals surface area contributed by atoms with Crippen molar-refractivity contribution in [3.05, 3.63) is 78.4 Å². The molecule has 0 aliphatic carbocycles. The standard InChI is InChI=1S/C21H22N2O2S/c1-22-13-14-23(21(16-22)18-8-3-2-4-9-18)26(24,25)20-12-11-17-7-5-6-10-19(17)15-20/h2-12,15,21H,13-14,16H2,1H3/t21-/m0/s1. The molecular formula is C21H22N2O2S. The average Bonchev–Trinajstić information content (AvgIpc) is 2.68. The molecule has 0 radical (unpaired) electrons. The Kier molecular flexibility index (Phi) is 4.53. The molecule has 0 spiro atoms. The highest BCUT2D eigenvalue weighted by atomic mass is 32.2. The fourth-order valence-corrected chi connectivity index (χ4v) is 5.23. The highest BCUT2D eigenvalue weighted by molar-refractivity contribution is 7.89. The minimum absolute atomic E-state index is 0.175. The number of likely N-dealkylation sites (N-methyl/N-ethyl adjacent to an activating group) is 1. The lowest BCUT2D eigenvalue weighted by Crippen LogP contribution is -2.49. The van der Waals surface area contributed by atoms with Crippen molar-refractivity contribution in [1.82, 2.24) is 9.21 Å². The number of sulfonamides is 1. The van der Waals surface area contributed by atoms with Crippen molar-refractivity contribution in [2.45, 2.75) is 10.9 Å². The van der Waals surface area contributed by atoms with Gasteiger partial charge in [-0.05, 0) is 35.5 Å². The molecule has 0 N–H and O–H groups in total. The van der Waals surface area contributed by atoms with Crippen LogP contribution in [0.1, 0.15) is 11.6 Å². The number of hydrogen-bond donors (Lipinski definition) is 0. The second kappa shape index (κ2) is 6.83. The molecular weight excluding hydrogens is 344 g/mol. The first-order valence-corrected chi connectivity index (χ1v) is 10.2. The average molecular weight is 366 g/mol. The lowest BCUT2D eigenvalue weighted by molar-refractivity contribution is 0.161. The summed E-state index contributed by atoms with van der Waals surface area (Å²) in [5.41, 5.74) is 1.03. The number of nitrogens with zero attached hydrogens (tertiary/aromatic N) is 2. The van der Waals surface area contributed by atoms with Crippen molar-refractivity contribution in [3.63, 3.8) is 0 Å². The summed E-state index contributed by atoms with van der Waals surface area (Å²) in [5.74, 6) is 0. The third kappa shape index (κ3) is 3.14. The molecule has 1 aliphatic heterocycles. The zero-order chi connectivity index (χ0) is 18.1. The zero-order valence-electron chi connectivity index (χ0n) is 14.7. The molecule has 0 saturated carbocycles. The fraction of sp³-hybridized carbons (Fsp3) is 0.238. The van der Waals surface area contributed by atoms with Crippen LogP contribution in [0, 0.1) is 0 Å². The molecule has 4 nitrogen and oxygen atoms in total. The van der Waals surface area contributed by atoms with Crippen LogP contribution in [0.4, 0.5) is 0 Å². The Hall–Kier alpha value is -2.21. The molecule has 0 bridgehead atoms. The summed E-state index contributed by atoms with van der Waals surface area (Å²) in [4.78, 5) is 2.55. The van der Waals surface area contributed by atoms with E-state index in [1.165, 1.54) is 0 Å². The van der Waals surface area contributed by atoms with Gasteiger partial charge in [0.1, 0.15) is 0 Å². The highest BCUT2D eigenvalue weighted by Crippen LogP contribution is 2.31. The molecule has 5 heteroatoms. The smallest absolute Gasteiger partial charge is 0.243 e.